The molecule has 0 bridgehead atoms. The summed E-state index contributed by atoms with van der Waals surface area (Å²) >= 11 is 3.11. The molecule has 1 amide bonds. The molecule has 2 aromatic carbocycles. The highest BCUT2D eigenvalue weighted by molar-refractivity contribution is 8.00. The maximum Gasteiger partial charge on any atom is 0.237 e. The molecular formula is C23H21N3OS2. The van der Waals surface area contributed by atoms with Crippen molar-refractivity contribution in [2.75, 3.05) is 5.32 Å². The van der Waals surface area contributed by atoms with Gasteiger partial charge < -0.3 is 5.32 Å². The lowest BCUT2D eigenvalue weighted by molar-refractivity contribution is -0.115. The zero-order valence-corrected chi connectivity index (χ0v) is 17.9. The van der Waals surface area contributed by atoms with E-state index in [-0.39, 0.29) is 11.2 Å². The zero-order chi connectivity index (χ0) is 20.2. The van der Waals surface area contributed by atoms with Crippen LogP contribution in [0, 0.1) is 6.92 Å². The second-order valence-electron chi connectivity index (χ2n) is 6.74. The minimum absolute atomic E-state index is 0.0115. The summed E-state index contributed by atoms with van der Waals surface area (Å²) in [5, 5.41) is 6.77. The number of anilines is 1. The Labute approximate surface area is 178 Å². The quantitative estimate of drug-likeness (QED) is 0.300. The Morgan fingerprint density at radius 2 is 1.86 bits per heavy atom. The predicted octanol–water partition coefficient (Wildman–Crippen LogP) is 6.18. The fraction of sp³-hybridized carbons (Fsp3) is 0.174. The maximum absolute atomic E-state index is 12.8. The predicted molar refractivity (Wildman–Crippen MR) is 123 cm³/mol. The van der Waals surface area contributed by atoms with Crippen LogP contribution in [0.3, 0.4) is 0 Å². The van der Waals surface area contributed by atoms with E-state index < -0.39 is 0 Å². The molecule has 0 aliphatic heterocycles. The molecule has 1 atom stereocenters. The molecule has 6 heteroatoms. The van der Waals surface area contributed by atoms with Crippen molar-refractivity contribution >= 4 is 44.9 Å². The Morgan fingerprint density at radius 1 is 1.10 bits per heavy atom. The van der Waals surface area contributed by atoms with Crippen molar-refractivity contribution in [3.63, 3.8) is 0 Å². The van der Waals surface area contributed by atoms with E-state index in [0.717, 1.165) is 32.1 Å². The summed E-state index contributed by atoms with van der Waals surface area (Å²) in [4.78, 5) is 22.8. The lowest BCUT2D eigenvalue weighted by Gasteiger charge is -2.15. The average Bonchev–Trinajstić information content (AvgIpc) is 3.18. The SMILES string of the molecule is CCC(Sc1ncnc2scc(-c3ccc(C)cc3)c12)C(=O)Nc1ccccc1. The normalized spacial score (nSPS) is 12.1. The summed E-state index contributed by atoms with van der Waals surface area (Å²) in [7, 11) is 0. The van der Waals surface area contributed by atoms with E-state index in [1.165, 1.54) is 17.3 Å². The second kappa shape index (κ2) is 8.76. The molecule has 1 N–H and O–H groups in total. The van der Waals surface area contributed by atoms with Gasteiger partial charge in [-0.1, -0.05) is 66.7 Å². The van der Waals surface area contributed by atoms with Crippen LogP contribution in [0.1, 0.15) is 18.9 Å². The van der Waals surface area contributed by atoms with Crippen LogP contribution in [0.25, 0.3) is 21.3 Å². The summed E-state index contributed by atoms with van der Waals surface area (Å²) in [5.74, 6) is -0.0115. The minimum atomic E-state index is -0.237. The van der Waals surface area contributed by atoms with E-state index in [9.17, 15) is 4.79 Å². The van der Waals surface area contributed by atoms with Gasteiger partial charge >= 0.3 is 0 Å². The number of nitrogens with one attached hydrogen (secondary N) is 1. The molecule has 4 nitrogen and oxygen atoms in total. The van der Waals surface area contributed by atoms with Crippen LogP contribution in [0.5, 0.6) is 0 Å². The van der Waals surface area contributed by atoms with Gasteiger partial charge in [-0.05, 0) is 31.0 Å². The highest BCUT2D eigenvalue weighted by Gasteiger charge is 2.22. The number of carbonyl (C=O) groups is 1. The van der Waals surface area contributed by atoms with Gasteiger partial charge in [0.2, 0.25) is 5.91 Å². The largest absolute Gasteiger partial charge is 0.325 e. The van der Waals surface area contributed by atoms with Gasteiger partial charge in [-0.3, -0.25) is 4.79 Å². The number of amides is 1. The number of thioether (sulfide) groups is 1. The highest BCUT2D eigenvalue weighted by Crippen LogP contribution is 2.39. The van der Waals surface area contributed by atoms with Gasteiger partial charge in [0.05, 0.1) is 10.6 Å². The van der Waals surface area contributed by atoms with Crippen LogP contribution in [-0.2, 0) is 4.79 Å². The summed E-state index contributed by atoms with van der Waals surface area (Å²) in [6.45, 7) is 4.10. The number of fused-ring (bicyclic) bond motifs is 1. The number of nitrogens with zero attached hydrogens (tertiary/aromatic N) is 2. The Hall–Kier alpha value is -2.70. The third kappa shape index (κ3) is 4.33. The molecule has 2 aromatic heterocycles. The summed E-state index contributed by atoms with van der Waals surface area (Å²) in [6, 6.07) is 18.0. The van der Waals surface area contributed by atoms with Gasteiger partial charge in [-0.15, -0.1) is 11.3 Å². The van der Waals surface area contributed by atoms with Crippen molar-refractivity contribution in [1.29, 1.82) is 0 Å². The number of hydrogen-bond donors (Lipinski definition) is 1. The summed E-state index contributed by atoms with van der Waals surface area (Å²) in [5.41, 5.74) is 4.29. The number of rotatable bonds is 6. The van der Waals surface area contributed by atoms with E-state index in [0.29, 0.717) is 6.42 Å². The molecule has 0 saturated carbocycles. The molecule has 1 unspecified atom stereocenters. The molecule has 0 spiro atoms. The van der Waals surface area contributed by atoms with Gasteiger partial charge in [0, 0.05) is 16.6 Å². The Balaban J connectivity index is 1.65. The highest BCUT2D eigenvalue weighted by atomic mass is 32.2. The minimum Gasteiger partial charge on any atom is -0.325 e. The van der Waals surface area contributed by atoms with Crippen molar-refractivity contribution < 1.29 is 4.79 Å². The van der Waals surface area contributed by atoms with Crippen molar-refractivity contribution in [3.8, 4) is 11.1 Å². The molecular weight excluding hydrogens is 398 g/mol. The molecule has 0 aliphatic carbocycles. The molecule has 2 heterocycles. The van der Waals surface area contributed by atoms with E-state index >= 15 is 0 Å². The fourth-order valence-corrected chi connectivity index (χ4v) is 5.10. The first-order chi connectivity index (χ1) is 14.2. The van der Waals surface area contributed by atoms with E-state index in [1.54, 1.807) is 17.7 Å². The standard InChI is InChI=1S/C23H21N3OS2/c1-3-19(21(27)26-17-7-5-4-6-8-17)29-23-20-18(13-28-22(20)24-14-25-23)16-11-9-15(2)10-12-16/h4-14,19H,3H2,1-2H3,(H,26,27). The van der Waals surface area contributed by atoms with Gasteiger partial charge in [-0.2, -0.15) is 0 Å². The number of aryl methyl sites for hydroxylation is 1. The monoisotopic (exact) mass is 419 g/mol. The van der Waals surface area contributed by atoms with Gasteiger partial charge in [0.1, 0.15) is 16.2 Å². The van der Waals surface area contributed by atoms with E-state index in [2.05, 4.69) is 51.9 Å². The fourth-order valence-electron chi connectivity index (χ4n) is 3.08. The average molecular weight is 420 g/mol. The van der Waals surface area contributed by atoms with E-state index in [4.69, 9.17) is 0 Å². The number of thiophene rings is 1. The van der Waals surface area contributed by atoms with E-state index in [1.807, 2.05) is 37.3 Å². The first kappa shape index (κ1) is 19.6. The van der Waals surface area contributed by atoms with Gasteiger partial charge in [0.15, 0.2) is 0 Å². The summed E-state index contributed by atoms with van der Waals surface area (Å²) < 4.78 is 0. The molecule has 0 aliphatic rings. The summed E-state index contributed by atoms with van der Waals surface area (Å²) in [6.07, 6.45) is 2.29. The van der Waals surface area contributed by atoms with Crippen LogP contribution in [0.4, 0.5) is 5.69 Å². The van der Waals surface area contributed by atoms with Gasteiger partial charge in [0.25, 0.3) is 0 Å². The van der Waals surface area contributed by atoms with Crippen molar-refractivity contribution in [2.24, 2.45) is 0 Å². The first-order valence-electron chi connectivity index (χ1n) is 9.47. The molecule has 0 saturated heterocycles. The number of benzene rings is 2. The molecule has 146 valence electrons. The number of aromatic nitrogens is 2. The maximum atomic E-state index is 12.8. The molecule has 0 radical (unpaired) electrons. The smallest absolute Gasteiger partial charge is 0.237 e. The zero-order valence-electron chi connectivity index (χ0n) is 16.3. The number of carbonyl (C=O) groups excluding carboxylic acids is 1. The van der Waals surface area contributed by atoms with Crippen LogP contribution >= 0.6 is 23.1 Å². The van der Waals surface area contributed by atoms with Crippen LogP contribution in [-0.4, -0.2) is 21.1 Å². The van der Waals surface area contributed by atoms with Crippen molar-refractivity contribution in [3.05, 3.63) is 71.9 Å². The topological polar surface area (TPSA) is 54.9 Å². The lowest BCUT2D eigenvalue weighted by atomic mass is 10.1. The third-order valence-corrected chi connectivity index (χ3v) is 6.91. The Kier molecular flexibility index (Phi) is 5.92. The van der Waals surface area contributed by atoms with Crippen molar-refractivity contribution in [1.82, 2.24) is 9.97 Å². The Morgan fingerprint density at radius 3 is 2.59 bits per heavy atom. The first-order valence-corrected chi connectivity index (χ1v) is 11.2. The molecule has 0 fully saturated rings. The van der Waals surface area contributed by atoms with Gasteiger partial charge in [-0.25, -0.2) is 9.97 Å². The van der Waals surface area contributed by atoms with Crippen LogP contribution in [0.2, 0.25) is 0 Å². The number of para-hydroxylation sites is 1. The second-order valence-corrected chi connectivity index (χ2v) is 8.79. The van der Waals surface area contributed by atoms with Crippen LogP contribution in [0.15, 0.2) is 71.3 Å². The third-order valence-electron chi connectivity index (χ3n) is 4.66. The lowest BCUT2D eigenvalue weighted by Crippen LogP contribution is -2.24. The number of hydrogen-bond acceptors (Lipinski definition) is 5. The molecule has 29 heavy (non-hydrogen) atoms. The van der Waals surface area contributed by atoms with Crippen molar-refractivity contribution in [2.45, 2.75) is 30.5 Å². The van der Waals surface area contributed by atoms with Crippen LogP contribution < -0.4 is 5.32 Å². The Bertz CT molecular complexity index is 1120. The molecule has 4 aromatic rings. The molecule has 4 rings (SSSR count).